The molecule has 0 heterocycles. The lowest BCUT2D eigenvalue weighted by Gasteiger charge is -2.21. The van der Waals surface area contributed by atoms with Gasteiger partial charge in [-0.15, -0.1) is 0 Å². The van der Waals surface area contributed by atoms with E-state index in [9.17, 15) is 4.79 Å². The van der Waals surface area contributed by atoms with Crippen molar-refractivity contribution in [2.75, 3.05) is 7.11 Å². The van der Waals surface area contributed by atoms with Crippen LogP contribution in [-0.4, -0.2) is 19.1 Å². The van der Waals surface area contributed by atoms with Gasteiger partial charge in [-0.2, -0.15) is 0 Å². The van der Waals surface area contributed by atoms with Crippen molar-refractivity contribution in [2.45, 2.75) is 39.4 Å². The number of carbonyl (C=O) groups excluding carboxylic acids is 1. The molecule has 4 heteroatoms. The molecule has 0 aliphatic carbocycles. The summed E-state index contributed by atoms with van der Waals surface area (Å²) in [5.41, 5.74) is 3.35. The van der Waals surface area contributed by atoms with Gasteiger partial charge < -0.3 is 10.1 Å². The van der Waals surface area contributed by atoms with Gasteiger partial charge in [0.15, 0.2) is 0 Å². The first-order chi connectivity index (χ1) is 11.5. The molecular weight excluding hydrogens is 300 g/mol. The summed E-state index contributed by atoms with van der Waals surface area (Å²) in [6, 6.07) is 15.7. The van der Waals surface area contributed by atoms with Crippen molar-refractivity contribution in [2.24, 2.45) is 0 Å². The highest BCUT2D eigenvalue weighted by atomic mass is 16.5. The van der Waals surface area contributed by atoms with Gasteiger partial charge in [0.1, 0.15) is 5.75 Å². The molecule has 0 aliphatic rings. The molecule has 2 aromatic carbocycles. The maximum atomic E-state index is 12.3. The van der Waals surface area contributed by atoms with Crippen LogP contribution in [0, 0.1) is 6.92 Å². The average molecular weight is 326 g/mol. The standard InChI is InChI=1S/C20H26N2O2/c1-14-9-11-17(12-10-14)13-21-20(23)16(3)22-15(2)18-7-5-6-8-19(18)24-4/h5-12,15-16,22H,13H2,1-4H3,(H,21,23)/t15-,16-/m1/s1. The van der Waals surface area contributed by atoms with Gasteiger partial charge in [-0.05, 0) is 32.4 Å². The molecule has 128 valence electrons. The minimum atomic E-state index is -0.296. The zero-order valence-corrected chi connectivity index (χ0v) is 14.8. The number of benzene rings is 2. The Bertz CT molecular complexity index is 668. The molecule has 0 saturated carbocycles. The Morgan fingerprint density at radius 2 is 1.75 bits per heavy atom. The van der Waals surface area contributed by atoms with E-state index < -0.39 is 0 Å². The van der Waals surface area contributed by atoms with Gasteiger partial charge in [0.25, 0.3) is 0 Å². The van der Waals surface area contributed by atoms with E-state index in [4.69, 9.17) is 4.74 Å². The van der Waals surface area contributed by atoms with E-state index in [0.29, 0.717) is 6.54 Å². The average Bonchev–Trinajstić information content (AvgIpc) is 2.60. The van der Waals surface area contributed by atoms with Crippen LogP contribution in [0.5, 0.6) is 5.75 Å². The van der Waals surface area contributed by atoms with Gasteiger partial charge in [0.2, 0.25) is 5.91 Å². The molecule has 0 aliphatic heterocycles. The van der Waals surface area contributed by atoms with Gasteiger partial charge in [0.05, 0.1) is 13.2 Å². The van der Waals surface area contributed by atoms with Crippen molar-refractivity contribution in [3.8, 4) is 5.75 Å². The summed E-state index contributed by atoms with van der Waals surface area (Å²) in [4.78, 5) is 12.3. The van der Waals surface area contributed by atoms with Crippen LogP contribution in [-0.2, 0) is 11.3 Å². The van der Waals surface area contributed by atoms with Crippen molar-refractivity contribution in [3.05, 3.63) is 65.2 Å². The molecule has 0 spiro atoms. The number of hydrogen-bond acceptors (Lipinski definition) is 3. The molecule has 4 nitrogen and oxygen atoms in total. The maximum absolute atomic E-state index is 12.3. The number of aryl methyl sites for hydroxylation is 1. The van der Waals surface area contributed by atoms with E-state index >= 15 is 0 Å². The van der Waals surface area contributed by atoms with Gasteiger partial charge >= 0.3 is 0 Å². The SMILES string of the molecule is COc1ccccc1[C@@H](C)N[C@H](C)C(=O)NCc1ccc(C)cc1. The summed E-state index contributed by atoms with van der Waals surface area (Å²) in [5, 5.41) is 6.29. The molecule has 0 unspecified atom stereocenters. The number of nitrogens with one attached hydrogen (secondary N) is 2. The second-order valence-electron chi connectivity index (χ2n) is 6.06. The molecule has 0 bridgehead atoms. The van der Waals surface area contributed by atoms with E-state index in [1.54, 1.807) is 7.11 Å². The van der Waals surface area contributed by atoms with Crippen molar-refractivity contribution >= 4 is 5.91 Å². The van der Waals surface area contributed by atoms with Crippen LogP contribution in [0.1, 0.15) is 36.6 Å². The molecule has 1 amide bonds. The van der Waals surface area contributed by atoms with Gasteiger partial charge in [-0.1, -0.05) is 48.0 Å². The third kappa shape index (κ3) is 4.83. The van der Waals surface area contributed by atoms with Crippen molar-refractivity contribution in [1.29, 1.82) is 0 Å². The number of rotatable bonds is 7. The summed E-state index contributed by atoms with van der Waals surface area (Å²) >= 11 is 0. The Morgan fingerprint density at radius 3 is 2.42 bits per heavy atom. The minimum absolute atomic E-state index is 0.0151. The smallest absolute Gasteiger partial charge is 0.237 e. The minimum Gasteiger partial charge on any atom is -0.496 e. The highest BCUT2D eigenvalue weighted by molar-refractivity contribution is 5.81. The van der Waals surface area contributed by atoms with Crippen LogP contribution in [0.4, 0.5) is 0 Å². The Hall–Kier alpha value is -2.33. The van der Waals surface area contributed by atoms with E-state index in [-0.39, 0.29) is 18.0 Å². The van der Waals surface area contributed by atoms with Crippen molar-refractivity contribution < 1.29 is 9.53 Å². The zero-order chi connectivity index (χ0) is 17.5. The quantitative estimate of drug-likeness (QED) is 0.820. The predicted octanol–water partition coefficient (Wildman–Crippen LogP) is 3.36. The van der Waals surface area contributed by atoms with Crippen LogP contribution in [0.25, 0.3) is 0 Å². The molecule has 2 rings (SSSR count). The number of ether oxygens (including phenoxy) is 1. The summed E-state index contributed by atoms with van der Waals surface area (Å²) in [6.07, 6.45) is 0. The molecule has 0 fully saturated rings. The molecule has 2 aromatic rings. The molecule has 0 saturated heterocycles. The fourth-order valence-electron chi connectivity index (χ4n) is 2.61. The molecule has 2 N–H and O–H groups in total. The third-order valence-corrected chi connectivity index (χ3v) is 4.09. The second kappa shape index (κ2) is 8.50. The summed E-state index contributed by atoms with van der Waals surface area (Å²) < 4.78 is 5.38. The fourth-order valence-corrected chi connectivity index (χ4v) is 2.61. The summed E-state index contributed by atoms with van der Waals surface area (Å²) in [6.45, 7) is 6.49. The van der Waals surface area contributed by atoms with Gasteiger partial charge in [-0.25, -0.2) is 0 Å². The monoisotopic (exact) mass is 326 g/mol. The molecule has 24 heavy (non-hydrogen) atoms. The lowest BCUT2D eigenvalue weighted by Crippen LogP contribution is -2.42. The highest BCUT2D eigenvalue weighted by Crippen LogP contribution is 2.24. The van der Waals surface area contributed by atoms with Gasteiger partial charge in [-0.3, -0.25) is 10.1 Å². The number of amides is 1. The Morgan fingerprint density at radius 1 is 1.08 bits per heavy atom. The van der Waals surface area contributed by atoms with Crippen LogP contribution in [0.2, 0.25) is 0 Å². The Balaban J connectivity index is 1.89. The molecule has 0 aromatic heterocycles. The number of para-hydroxylation sites is 1. The van der Waals surface area contributed by atoms with Crippen LogP contribution in [0.15, 0.2) is 48.5 Å². The van der Waals surface area contributed by atoms with Crippen LogP contribution in [0.3, 0.4) is 0 Å². The van der Waals surface area contributed by atoms with Crippen molar-refractivity contribution in [1.82, 2.24) is 10.6 Å². The van der Waals surface area contributed by atoms with E-state index in [0.717, 1.165) is 16.9 Å². The van der Waals surface area contributed by atoms with E-state index in [1.165, 1.54) is 5.56 Å². The molecule has 0 radical (unpaired) electrons. The number of hydrogen-bond donors (Lipinski definition) is 2. The van der Waals surface area contributed by atoms with Crippen LogP contribution >= 0.6 is 0 Å². The predicted molar refractivity (Wildman–Crippen MR) is 97.0 cm³/mol. The lowest BCUT2D eigenvalue weighted by atomic mass is 10.1. The number of carbonyl (C=O) groups is 1. The first kappa shape index (κ1) is 18.0. The van der Waals surface area contributed by atoms with Crippen LogP contribution < -0.4 is 15.4 Å². The summed E-state index contributed by atoms with van der Waals surface area (Å²) in [5.74, 6) is 0.807. The topological polar surface area (TPSA) is 50.4 Å². The van der Waals surface area contributed by atoms with Gasteiger partial charge in [0, 0.05) is 18.2 Å². The highest BCUT2D eigenvalue weighted by Gasteiger charge is 2.18. The zero-order valence-electron chi connectivity index (χ0n) is 14.8. The second-order valence-corrected chi connectivity index (χ2v) is 6.06. The van der Waals surface area contributed by atoms with E-state index in [2.05, 4.69) is 10.6 Å². The first-order valence-electron chi connectivity index (χ1n) is 8.23. The normalized spacial score (nSPS) is 13.2. The largest absolute Gasteiger partial charge is 0.496 e. The lowest BCUT2D eigenvalue weighted by molar-refractivity contribution is -0.123. The van der Waals surface area contributed by atoms with Crippen molar-refractivity contribution in [3.63, 3.8) is 0 Å². The Labute approximate surface area is 144 Å². The third-order valence-electron chi connectivity index (χ3n) is 4.09. The fraction of sp³-hybridized carbons (Fsp3) is 0.350. The summed E-state index contributed by atoms with van der Waals surface area (Å²) in [7, 11) is 1.66. The number of methoxy groups -OCH3 is 1. The molecule has 2 atom stereocenters. The first-order valence-corrected chi connectivity index (χ1v) is 8.23. The Kier molecular flexibility index (Phi) is 6.38. The van der Waals surface area contributed by atoms with E-state index in [1.807, 2.05) is 69.3 Å². The molecular formula is C20H26N2O2. The maximum Gasteiger partial charge on any atom is 0.237 e.